The van der Waals surface area contributed by atoms with Gasteiger partial charge in [-0.3, -0.25) is 9.59 Å². The van der Waals surface area contributed by atoms with Gasteiger partial charge in [0.2, 0.25) is 5.91 Å². The van der Waals surface area contributed by atoms with Crippen LogP contribution in [0.25, 0.3) is 0 Å². The van der Waals surface area contributed by atoms with Crippen LogP contribution in [0.5, 0.6) is 5.75 Å². The van der Waals surface area contributed by atoms with Gasteiger partial charge < -0.3 is 15.0 Å². The number of carbonyl (C=O) groups is 2. The third-order valence-electron chi connectivity index (χ3n) is 3.38. The molecule has 1 aromatic rings. The highest BCUT2D eigenvalue weighted by atomic mass is 35.5. The minimum absolute atomic E-state index is 0.00898. The normalized spacial score (nSPS) is 15.6. The Kier molecular flexibility index (Phi) is 5.44. The smallest absolute Gasteiger partial charge is 0.261 e. The fraction of sp³-hybridized carbons (Fsp3) is 0.467. The first-order chi connectivity index (χ1) is 10.1. The number of para-hydroxylation sites is 1. The lowest BCUT2D eigenvalue weighted by atomic mass is 10.3. The van der Waals surface area contributed by atoms with Crippen LogP contribution in [-0.2, 0) is 9.59 Å². The first kappa shape index (κ1) is 15.6. The van der Waals surface area contributed by atoms with Crippen LogP contribution in [-0.4, -0.2) is 42.5 Å². The van der Waals surface area contributed by atoms with E-state index in [1.54, 1.807) is 36.1 Å². The molecule has 1 heterocycles. The highest BCUT2D eigenvalue weighted by Gasteiger charge is 2.20. The van der Waals surface area contributed by atoms with Gasteiger partial charge in [-0.1, -0.05) is 23.7 Å². The zero-order valence-corrected chi connectivity index (χ0v) is 12.7. The number of ether oxygens (including phenoxy) is 1. The standard InChI is InChI=1S/C15H19ClN2O3/c1-11(21-13-7-3-2-6-12(13)16)15(20)17-10-14(19)18-8-4-5-9-18/h2-3,6-7,11H,4-5,8-10H2,1H3,(H,17,20). The van der Waals surface area contributed by atoms with Crippen LogP contribution < -0.4 is 10.1 Å². The predicted molar refractivity (Wildman–Crippen MR) is 80.4 cm³/mol. The Balaban J connectivity index is 1.80. The van der Waals surface area contributed by atoms with Crippen molar-refractivity contribution >= 4 is 23.4 Å². The summed E-state index contributed by atoms with van der Waals surface area (Å²) < 4.78 is 5.50. The third kappa shape index (κ3) is 4.36. The van der Waals surface area contributed by atoms with E-state index in [-0.39, 0.29) is 18.4 Å². The quantitative estimate of drug-likeness (QED) is 0.903. The number of nitrogens with one attached hydrogen (secondary N) is 1. The van der Waals surface area contributed by atoms with Crippen LogP contribution in [0.4, 0.5) is 0 Å². The Bertz CT molecular complexity index is 515. The molecule has 1 aromatic carbocycles. The van der Waals surface area contributed by atoms with E-state index in [4.69, 9.17) is 16.3 Å². The van der Waals surface area contributed by atoms with E-state index in [2.05, 4.69) is 5.32 Å². The predicted octanol–water partition coefficient (Wildman–Crippen LogP) is 1.85. The molecule has 5 nitrogen and oxygen atoms in total. The number of halogens is 1. The minimum atomic E-state index is -0.712. The van der Waals surface area contributed by atoms with Gasteiger partial charge in [-0.2, -0.15) is 0 Å². The van der Waals surface area contributed by atoms with Crippen molar-refractivity contribution in [2.45, 2.75) is 25.9 Å². The number of hydrogen-bond acceptors (Lipinski definition) is 3. The number of benzene rings is 1. The van der Waals surface area contributed by atoms with Crippen molar-refractivity contribution in [1.82, 2.24) is 10.2 Å². The van der Waals surface area contributed by atoms with Crippen LogP contribution in [0.3, 0.4) is 0 Å². The van der Waals surface area contributed by atoms with E-state index in [0.29, 0.717) is 10.8 Å². The second-order valence-corrected chi connectivity index (χ2v) is 5.40. The molecule has 1 saturated heterocycles. The number of likely N-dealkylation sites (tertiary alicyclic amines) is 1. The zero-order chi connectivity index (χ0) is 15.2. The van der Waals surface area contributed by atoms with Gasteiger partial charge in [0.15, 0.2) is 6.10 Å². The van der Waals surface area contributed by atoms with Crippen LogP contribution in [0, 0.1) is 0 Å². The lowest BCUT2D eigenvalue weighted by Crippen LogP contribution is -2.43. The maximum absolute atomic E-state index is 11.9. The molecule has 0 aromatic heterocycles. The van der Waals surface area contributed by atoms with Crippen molar-refractivity contribution < 1.29 is 14.3 Å². The Morgan fingerprint density at radius 2 is 2.00 bits per heavy atom. The second-order valence-electron chi connectivity index (χ2n) is 5.00. The first-order valence-corrected chi connectivity index (χ1v) is 7.42. The fourth-order valence-corrected chi connectivity index (χ4v) is 2.35. The summed E-state index contributed by atoms with van der Waals surface area (Å²) in [6.45, 7) is 3.19. The number of hydrogen-bond donors (Lipinski definition) is 1. The molecule has 2 amide bonds. The molecule has 1 fully saturated rings. The van der Waals surface area contributed by atoms with E-state index in [1.807, 2.05) is 0 Å². The summed E-state index contributed by atoms with van der Waals surface area (Å²) in [5.74, 6) is 0.0703. The van der Waals surface area contributed by atoms with Gasteiger partial charge in [0.25, 0.3) is 5.91 Å². The van der Waals surface area contributed by atoms with E-state index in [0.717, 1.165) is 25.9 Å². The summed E-state index contributed by atoms with van der Waals surface area (Å²) in [7, 11) is 0. The number of carbonyl (C=O) groups excluding carboxylic acids is 2. The molecule has 1 atom stereocenters. The highest BCUT2D eigenvalue weighted by Crippen LogP contribution is 2.24. The van der Waals surface area contributed by atoms with Crippen molar-refractivity contribution in [3.8, 4) is 5.75 Å². The lowest BCUT2D eigenvalue weighted by molar-refractivity contribution is -0.134. The van der Waals surface area contributed by atoms with Crippen LogP contribution in [0.1, 0.15) is 19.8 Å². The van der Waals surface area contributed by atoms with Gasteiger partial charge in [-0.05, 0) is 31.9 Å². The molecular formula is C15H19ClN2O3. The molecule has 0 aliphatic carbocycles. The molecule has 0 spiro atoms. The second kappa shape index (κ2) is 7.31. The fourth-order valence-electron chi connectivity index (χ4n) is 2.17. The first-order valence-electron chi connectivity index (χ1n) is 7.04. The molecule has 0 bridgehead atoms. The van der Waals surface area contributed by atoms with Crippen LogP contribution in [0.2, 0.25) is 5.02 Å². The molecule has 1 aliphatic heterocycles. The van der Waals surface area contributed by atoms with E-state index < -0.39 is 6.10 Å². The highest BCUT2D eigenvalue weighted by molar-refractivity contribution is 6.32. The van der Waals surface area contributed by atoms with Gasteiger partial charge in [0.05, 0.1) is 11.6 Å². The Labute approximate surface area is 129 Å². The number of rotatable bonds is 5. The van der Waals surface area contributed by atoms with Crippen molar-refractivity contribution in [1.29, 1.82) is 0 Å². The zero-order valence-electron chi connectivity index (χ0n) is 12.0. The average molecular weight is 311 g/mol. The van der Waals surface area contributed by atoms with E-state index in [9.17, 15) is 9.59 Å². The molecular weight excluding hydrogens is 292 g/mol. The van der Waals surface area contributed by atoms with Gasteiger partial charge in [-0.15, -0.1) is 0 Å². The maximum atomic E-state index is 11.9. The number of nitrogens with zero attached hydrogens (tertiary/aromatic N) is 1. The summed E-state index contributed by atoms with van der Waals surface area (Å²) in [6, 6.07) is 6.96. The van der Waals surface area contributed by atoms with Crippen molar-refractivity contribution in [2.24, 2.45) is 0 Å². The molecule has 21 heavy (non-hydrogen) atoms. The summed E-state index contributed by atoms with van der Waals surface area (Å²) in [6.07, 6.45) is 1.36. The average Bonchev–Trinajstić information content (AvgIpc) is 3.01. The molecule has 1 unspecified atom stereocenters. The summed E-state index contributed by atoms with van der Waals surface area (Å²) in [5, 5.41) is 3.05. The van der Waals surface area contributed by atoms with Gasteiger partial charge in [0, 0.05) is 13.1 Å². The summed E-state index contributed by atoms with van der Waals surface area (Å²) in [5.41, 5.74) is 0. The van der Waals surface area contributed by atoms with Gasteiger partial charge in [0.1, 0.15) is 5.75 Å². The molecule has 0 saturated carbocycles. The Hall–Kier alpha value is -1.75. The number of amides is 2. The molecule has 114 valence electrons. The van der Waals surface area contributed by atoms with Crippen molar-refractivity contribution in [3.05, 3.63) is 29.3 Å². The lowest BCUT2D eigenvalue weighted by Gasteiger charge is -2.18. The molecule has 0 radical (unpaired) electrons. The largest absolute Gasteiger partial charge is 0.479 e. The van der Waals surface area contributed by atoms with Crippen LogP contribution in [0.15, 0.2) is 24.3 Å². The topological polar surface area (TPSA) is 58.6 Å². The maximum Gasteiger partial charge on any atom is 0.261 e. The van der Waals surface area contributed by atoms with Gasteiger partial charge >= 0.3 is 0 Å². The molecule has 1 aliphatic rings. The van der Waals surface area contributed by atoms with Crippen molar-refractivity contribution in [2.75, 3.05) is 19.6 Å². The molecule has 2 rings (SSSR count). The SMILES string of the molecule is CC(Oc1ccccc1Cl)C(=O)NCC(=O)N1CCCC1. The molecule has 1 N–H and O–H groups in total. The summed E-state index contributed by atoms with van der Waals surface area (Å²) in [4.78, 5) is 25.5. The van der Waals surface area contributed by atoms with Gasteiger partial charge in [-0.25, -0.2) is 0 Å². The van der Waals surface area contributed by atoms with E-state index in [1.165, 1.54) is 0 Å². The Morgan fingerprint density at radius 1 is 1.33 bits per heavy atom. The van der Waals surface area contributed by atoms with Crippen molar-refractivity contribution in [3.63, 3.8) is 0 Å². The Morgan fingerprint density at radius 3 is 2.67 bits per heavy atom. The monoisotopic (exact) mass is 310 g/mol. The van der Waals surface area contributed by atoms with Crippen LogP contribution >= 0.6 is 11.6 Å². The third-order valence-corrected chi connectivity index (χ3v) is 3.69. The molecule has 6 heteroatoms. The summed E-state index contributed by atoms with van der Waals surface area (Å²) >= 11 is 5.97. The van der Waals surface area contributed by atoms with E-state index >= 15 is 0 Å². The minimum Gasteiger partial charge on any atom is -0.479 e.